The van der Waals surface area contributed by atoms with Crippen LogP contribution in [-0.4, -0.2) is 45.9 Å². The number of para-hydroxylation sites is 4. The first-order valence-corrected chi connectivity index (χ1v) is 12.1. The van der Waals surface area contributed by atoms with Crippen molar-refractivity contribution in [1.29, 1.82) is 0 Å². The number of nitrogens with zero attached hydrogens (tertiary/aromatic N) is 1. The summed E-state index contributed by atoms with van der Waals surface area (Å²) in [6.45, 7) is 1.43. The lowest BCUT2D eigenvalue weighted by molar-refractivity contribution is -0.192. The van der Waals surface area contributed by atoms with Crippen molar-refractivity contribution < 1.29 is 41.0 Å². The minimum Gasteiger partial charge on any atom is -0.494 e. The minimum absolute atomic E-state index is 0.187. The Bertz CT molecular complexity index is 1250. The lowest BCUT2D eigenvalue weighted by Crippen LogP contribution is -2.28. The number of carboxylic acids is 1. The zero-order valence-corrected chi connectivity index (χ0v) is 19.8. The Kier molecular flexibility index (Phi) is 8.43. The fourth-order valence-electron chi connectivity index (χ4n) is 3.18. The van der Waals surface area contributed by atoms with Gasteiger partial charge in [-0.3, -0.25) is 0 Å². The third-order valence-corrected chi connectivity index (χ3v) is 6.57. The largest absolute Gasteiger partial charge is 0.494 e. The standard InChI is InChI=1S/C22H22N2O4S.C2HF3O2/c1-23-15-6-16-27-17-11-13-18(14-12-17)29(25,26)24-19-7-2-4-9-21(19)28-22-10-5-3-8-20(22)24;3-2(4,5)1(6)7/h2-5,7-14,23H,6,15-16H2,1H3;(H,6,7). The fourth-order valence-corrected chi connectivity index (χ4v) is 4.69. The molecule has 4 rings (SSSR count). The van der Waals surface area contributed by atoms with Crippen molar-refractivity contribution in [3.63, 3.8) is 0 Å². The second kappa shape index (κ2) is 11.3. The summed E-state index contributed by atoms with van der Waals surface area (Å²) >= 11 is 0. The highest BCUT2D eigenvalue weighted by atomic mass is 32.2. The van der Waals surface area contributed by atoms with Gasteiger partial charge in [-0.2, -0.15) is 13.2 Å². The number of aliphatic carboxylic acids is 1. The second-order valence-corrected chi connectivity index (χ2v) is 9.17. The predicted molar refractivity (Wildman–Crippen MR) is 126 cm³/mol. The van der Waals surface area contributed by atoms with E-state index in [-0.39, 0.29) is 4.90 Å². The van der Waals surface area contributed by atoms with Crippen LogP contribution in [0.2, 0.25) is 0 Å². The molecule has 0 fully saturated rings. The highest BCUT2D eigenvalue weighted by molar-refractivity contribution is 7.93. The van der Waals surface area contributed by atoms with E-state index < -0.39 is 22.2 Å². The van der Waals surface area contributed by atoms with Crippen molar-refractivity contribution in [3.8, 4) is 17.2 Å². The van der Waals surface area contributed by atoms with Gasteiger partial charge < -0.3 is 19.9 Å². The monoisotopic (exact) mass is 524 g/mol. The van der Waals surface area contributed by atoms with Gasteiger partial charge in [0.15, 0.2) is 11.5 Å². The molecule has 0 unspecified atom stereocenters. The smallest absolute Gasteiger partial charge is 0.490 e. The van der Waals surface area contributed by atoms with Crippen LogP contribution in [0.5, 0.6) is 17.2 Å². The molecule has 0 bridgehead atoms. The number of benzene rings is 3. The van der Waals surface area contributed by atoms with Gasteiger partial charge in [0.25, 0.3) is 10.0 Å². The predicted octanol–water partition coefficient (Wildman–Crippen LogP) is 4.94. The van der Waals surface area contributed by atoms with Crippen LogP contribution in [0, 0.1) is 0 Å². The van der Waals surface area contributed by atoms with Crippen LogP contribution in [0.3, 0.4) is 0 Å². The molecule has 192 valence electrons. The number of fused-ring (bicyclic) bond motifs is 2. The molecular weight excluding hydrogens is 501 g/mol. The zero-order valence-electron chi connectivity index (χ0n) is 19.0. The van der Waals surface area contributed by atoms with Crippen molar-refractivity contribution in [2.24, 2.45) is 0 Å². The zero-order chi connectivity index (χ0) is 26.3. The number of carbonyl (C=O) groups is 1. The molecule has 2 N–H and O–H groups in total. The number of rotatable bonds is 7. The Hall–Kier alpha value is -3.77. The molecule has 8 nitrogen and oxygen atoms in total. The van der Waals surface area contributed by atoms with Crippen LogP contribution < -0.4 is 19.1 Å². The summed E-state index contributed by atoms with van der Waals surface area (Å²) in [5, 5.41) is 10.2. The number of sulfonamides is 1. The lowest BCUT2D eigenvalue weighted by atomic mass is 10.2. The van der Waals surface area contributed by atoms with Crippen molar-refractivity contribution in [2.45, 2.75) is 17.5 Å². The molecular formula is C24H23F3N2O6S. The number of nitrogens with one attached hydrogen (secondary N) is 1. The van der Waals surface area contributed by atoms with E-state index in [4.69, 9.17) is 19.4 Å². The molecule has 0 spiro atoms. The van der Waals surface area contributed by atoms with Crippen molar-refractivity contribution >= 4 is 27.4 Å². The molecule has 0 aromatic heterocycles. The normalized spacial score (nSPS) is 12.4. The number of hydrogen-bond donors (Lipinski definition) is 2. The van der Waals surface area contributed by atoms with Gasteiger partial charge in [-0.1, -0.05) is 24.3 Å². The molecule has 1 aliphatic rings. The summed E-state index contributed by atoms with van der Waals surface area (Å²) in [4.78, 5) is 9.08. The molecule has 3 aromatic carbocycles. The van der Waals surface area contributed by atoms with Gasteiger partial charge in [0.1, 0.15) is 17.1 Å². The first-order chi connectivity index (χ1) is 17.1. The molecule has 36 heavy (non-hydrogen) atoms. The Morgan fingerprint density at radius 3 is 1.94 bits per heavy atom. The molecule has 1 heterocycles. The summed E-state index contributed by atoms with van der Waals surface area (Å²) in [5.74, 6) is -1.12. The number of carboxylic acid groups (broad SMARTS) is 1. The molecule has 12 heteroatoms. The summed E-state index contributed by atoms with van der Waals surface area (Å²) in [6, 6.07) is 20.7. The maximum Gasteiger partial charge on any atom is 0.490 e. The highest BCUT2D eigenvalue weighted by Gasteiger charge is 2.38. The van der Waals surface area contributed by atoms with Crippen LogP contribution in [0.1, 0.15) is 6.42 Å². The molecule has 0 saturated carbocycles. The van der Waals surface area contributed by atoms with E-state index in [1.54, 1.807) is 60.7 Å². The third kappa shape index (κ3) is 6.26. The van der Waals surface area contributed by atoms with E-state index in [9.17, 15) is 21.6 Å². The van der Waals surface area contributed by atoms with E-state index in [0.29, 0.717) is 35.2 Å². The molecule has 0 radical (unpaired) electrons. The summed E-state index contributed by atoms with van der Waals surface area (Å²) in [6.07, 6.45) is -4.21. The molecule has 0 saturated heterocycles. The van der Waals surface area contributed by atoms with Gasteiger partial charge in [0.05, 0.1) is 11.5 Å². The van der Waals surface area contributed by atoms with E-state index in [1.165, 1.54) is 4.31 Å². The summed E-state index contributed by atoms with van der Waals surface area (Å²) in [7, 11) is -1.96. The number of halogens is 3. The Morgan fingerprint density at radius 2 is 1.47 bits per heavy atom. The quantitative estimate of drug-likeness (QED) is 0.422. The number of ether oxygens (including phenoxy) is 2. The Labute approximate surface area is 205 Å². The summed E-state index contributed by atoms with van der Waals surface area (Å²) < 4.78 is 71.7. The first kappa shape index (κ1) is 26.8. The number of hydrogen-bond acceptors (Lipinski definition) is 6. The lowest BCUT2D eigenvalue weighted by Gasteiger charge is -2.31. The Morgan fingerprint density at radius 1 is 0.972 bits per heavy atom. The van der Waals surface area contributed by atoms with Crippen molar-refractivity contribution in [3.05, 3.63) is 72.8 Å². The fraction of sp³-hybridized carbons (Fsp3) is 0.208. The molecule has 1 aliphatic heterocycles. The number of anilines is 2. The highest BCUT2D eigenvalue weighted by Crippen LogP contribution is 2.48. The SMILES string of the molecule is CNCCCOc1ccc(S(=O)(=O)N2c3ccccc3Oc3ccccc32)cc1.O=C(O)C(F)(F)F. The van der Waals surface area contributed by atoms with Gasteiger partial charge in [-0.25, -0.2) is 17.5 Å². The Balaban J connectivity index is 0.000000454. The summed E-state index contributed by atoms with van der Waals surface area (Å²) in [5.41, 5.74) is 0.970. The second-order valence-electron chi connectivity index (χ2n) is 7.39. The van der Waals surface area contributed by atoms with Crippen LogP contribution >= 0.6 is 0 Å². The first-order valence-electron chi connectivity index (χ1n) is 10.6. The average Bonchev–Trinajstić information content (AvgIpc) is 2.85. The van der Waals surface area contributed by atoms with Crippen LogP contribution in [0.4, 0.5) is 24.5 Å². The minimum atomic E-state index is -5.08. The van der Waals surface area contributed by atoms with Gasteiger partial charge in [-0.05, 0) is 68.5 Å². The van der Waals surface area contributed by atoms with E-state index in [0.717, 1.165) is 13.0 Å². The van der Waals surface area contributed by atoms with Crippen LogP contribution in [0.15, 0.2) is 77.7 Å². The van der Waals surface area contributed by atoms with Crippen molar-refractivity contribution in [1.82, 2.24) is 5.32 Å². The van der Waals surface area contributed by atoms with Crippen molar-refractivity contribution in [2.75, 3.05) is 24.5 Å². The molecule has 3 aromatic rings. The molecule has 0 aliphatic carbocycles. The maximum absolute atomic E-state index is 13.5. The topological polar surface area (TPSA) is 105 Å². The average molecular weight is 525 g/mol. The molecule has 0 atom stereocenters. The number of alkyl halides is 3. The van der Waals surface area contributed by atoms with Gasteiger partial charge >= 0.3 is 12.1 Å². The van der Waals surface area contributed by atoms with E-state index in [2.05, 4.69) is 5.32 Å². The molecule has 0 amide bonds. The van der Waals surface area contributed by atoms with Gasteiger partial charge in [-0.15, -0.1) is 0 Å². The van der Waals surface area contributed by atoms with Gasteiger partial charge in [0, 0.05) is 0 Å². The van der Waals surface area contributed by atoms with Gasteiger partial charge in [0.2, 0.25) is 0 Å². The van der Waals surface area contributed by atoms with Crippen LogP contribution in [-0.2, 0) is 14.8 Å². The third-order valence-electron chi connectivity index (χ3n) is 4.83. The maximum atomic E-state index is 13.5. The van der Waals surface area contributed by atoms with Crippen LogP contribution in [0.25, 0.3) is 0 Å². The van der Waals surface area contributed by atoms with E-state index in [1.807, 2.05) is 19.2 Å². The van der Waals surface area contributed by atoms with E-state index >= 15 is 0 Å².